The molecule has 0 amide bonds. The fourth-order valence-corrected chi connectivity index (χ4v) is 1.99. The first kappa shape index (κ1) is 14.6. The van der Waals surface area contributed by atoms with Crippen molar-refractivity contribution >= 4 is 34.6 Å². The van der Waals surface area contributed by atoms with Crippen molar-refractivity contribution in [2.75, 3.05) is 6.61 Å². The molecule has 0 bridgehead atoms. The minimum Gasteiger partial charge on any atom is -0.493 e. The van der Waals surface area contributed by atoms with Crippen LogP contribution in [0.5, 0.6) is 5.75 Å². The highest BCUT2D eigenvalue weighted by atomic mass is 79.9. The second kappa shape index (κ2) is 8.64. The molecule has 1 aromatic carbocycles. The molecule has 96 valence electrons. The molecule has 0 N–H and O–H groups in total. The molecule has 0 saturated carbocycles. The first-order valence-corrected chi connectivity index (χ1v) is 6.81. The zero-order valence-electron chi connectivity index (χ0n) is 9.97. The third-order valence-electron chi connectivity index (χ3n) is 2.37. The van der Waals surface area contributed by atoms with Crippen LogP contribution in [0.1, 0.15) is 24.0 Å². The van der Waals surface area contributed by atoms with Gasteiger partial charge in [-0.05, 0) is 30.2 Å². The Morgan fingerprint density at radius 3 is 2.78 bits per heavy atom. The monoisotopic (exact) mass is 310 g/mol. The molecule has 0 aliphatic heterocycles. The van der Waals surface area contributed by atoms with Gasteiger partial charge >= 0.3 is 0 Å². The number of allylic oxidation sites excluding steroid dienone is 1. The SMILES string of the molecule is O=C/C=C/c1c(CBr)cccc1OCCCC=O. The average molecular weight is 311 g/mol. The molecule has 0 fully saturated rings. The van der Waals surface area contributed by atoms with Gasteiger partial charge in [-0.25, -0.2) is 0 Å². The molecule has 0 aliphatic carbocycles. The summed E-state index contributed by atoms with van der Waals surface area (Å²) in [6.07, 6.45) is 5.99. The number of alkyl halides is 1. The number of halogens is 1. The van der Waals surface area contributed by atoms with Crippen LogP contribution in [-0.4, -0.2) is 19.2 Å². The van der Waals surface area contributed by atoms with E-state index in [4.69, 9.17) is 4.74 Å². The Labute approximate surface area is 115 Å². The Kier molecular flexibility index (Phi) is 7.03. The third kappa shape index (κ3) is 4.45. The quantitative estimate of drug-likeness (QED) is 0.321. The third-order valence-corrected chi connectivity index (χ3v) is 2.97. The molecular weight excluding hydrogens is 296 g/mol. The van der Waals surface area contributed by atoms with E-state index in [-0.39, 0.29) is 0 Å². The highest BCUT2D eigenvalue weighted by Gasteiger charge is 2.05. The molecule has 18 heavy (non-hydrogen) atoms. The van der Waals surface area contributed by atoms with Crippen LogP contribution in [0, 0.1) is 0 Å². The number of carbonyl (C=O) groups excluding carboxylic acids is 2. The zero-order chi connectivity index (χ0) is 13.2. The summed E-state index contributed by atoms with van der Waals surface area (Å²) in [4.78, 5) is 20.6. The lowest BCUT2D eigenvalue weighted by atomic mass is 10.1. The Morgan fingerprint density at radius 1 is 1.28 bits per heavy atom. The van der Waals surface area contributed by atoms with Gasteiger partial charge in [0.25, 0.3) is 0 Å². The smallest absolute Gasteiger partial charge is 0.142 e. The molecule has 0 heterocycles. The number of aldehydes is 2. The van der Waals surface area contributed by atoms with Crippen molar-refractivity contribution in [2.24, 2.45) is 0 Å². The lowest BCUT2D eigenvalue weighted by Gasteiger charge is -2.11. The van der Waals surface area contributed by atoms with E-state index < -0.39 is 0 Å². The van der Waals surface area contributed by atoms with Crippen LogP contribution in [0.2, 0.25) is 0 Å². The van der Waals surface area contributed by atoms with Crippen molar-refractivity contribution < 1.29 is 14.3 Å². The predicted molar refractivity (Wildman–Crippen MR) is 75.0 cm³/mol. The summed E-state index contributed by atoms with van der Waals surface area (Å²) in [5.74, 6) is 0.732. The number of carbonyl (C=O) groups is 2. The van der Waals surface area contributed by atoms with Crippen LogP contribution in [0.15, 0.2) is 24.3 Å². The normalized spacial score (nSPS) is 10.5. The van der Waals surface area contributed by atoms with Crippen LogP contribution in [0.3, 0.4) is 0 Å². The van der Waals surface area contributed by atoms with Crippen molar-refractivity contribution in [1.82, 2.24) is 0 Å². The summed E-state index contributed by atoms with van der Waals surface area (Å²) in [5.41, 5.74) is 1.95. The van der Waals surface area contributed by atoms with E-state index in [1.54, 1.807) is 6.08 Å². The van der Waals surface area contributed by atoms with Crippen LogP contribution in [-0.2, 0) is 14.9 Å². The van der Waals surface area contributed by atoms with Gasteiger partial charge in [0.15, 0.2) is 0 Å². The number of unbranched alkanes of at least 4 members (excludes halogenated alkanes) is 1. The molecule has 0 unspecified atom stereocenters. The van der Waals surface area contributed by atoms with E-state index >= 15 is 0 Å². The highest BCUT2D eigenvalue weighted by molar-refractivity contribution is 9.08. The molecule has 1 rings (SSSR count). The van der Waals surface area contributed by atoms with Crippen molar-refractivity contribution in [3.8, 4) is 5.75 Å². The van der Waals surface area contributed by atoms with E-state index in [0.717, 1.165) is 29.4 Å². The maximum absolute atomic E-state index is 10.4. The van der Waals surface area contributed by atoms with Crippen molar-refractivity contribution in [3.05, 3.63) is 35.4 Å². The van der Waals surface area contributed by atoms with Gasteiger partial charge in [-0.2, -0.15) is 0 Å². The van der Waals surface area contributed by atoms with Crippen molar-refractivity contribution in [3.63, 3.8) is 0 Å². The number of rotatable bonds is 8. The van der Waals surface area contributed by atoms with E-state index in [2.05, 4.69) is 15.9 Å². The van der Waals surface area contributed by atoms with Crippen LogP contribution in [0.4, 0.5) is 0 Å². The van der Waals surface area contributed by atoms with Gasteiger partial charge in [-0.3, -0.25) is 4.79 Å². The average Bonchev–Trinajstić information content (AvgIpc) is 2.41. The predicted octanol–water partition coefficient (Wildman–Crippen LogP) is 3.15. The molecule has 0 atom stereocenters. The fraction of sp³-hybridized carbons (Fsp3) is 0.286. The summed E-state index contributed by atoms with van der Waals surface area (Å²) in [6.45, 7) is 0.492. The van der Waals surface area contributed by atoms with Gasteiger partial charge in [0.05, 0.1) is 6.61 Å². The molecule has 0 saturated heterocycles. The van der Waals surface area contributed by atoms with Crippen molar-refractivity contribution in [1.29, 1.82) is 0 Å². The van der Waals surface area contributed by atoms with Gasteiger partial charge < -0.3 is 9.53 Å². The molecule has 0 aliphatic rings. The molecule has 4 heteroatoms. The Morgan fingerprint density at radius 2 is 2.11 bits per heavy atom. The van der Waals surface area contributed by atoms with Gasteiger partial charge in [-0.15, -0.1) is 0 Å². The summed E-state index contributed by atoms with van der Waals surface area (Å²) >= 11 is 3.40. The molecule has 0 spiro atoms. The molecular formula is C14H15BrO3. The fourth-order valence-electron chi connectivity index (χ4n) is 1.51. The number of hydrogen-bond acceptors (Lipinski definition) is 3. The van der Waals surface area contributed by atoms with Crippen molar-refractivity contribution in [2.45, 2.75) is 18.2 Å². The highest BCUT2D eigenvalue weighted by Crippen LogP contribution is 2.26. The minimum atomic E-state index is 0.492. The zero-order valence-corrected chi connectivity index (χ0v) is 11.6. The second-order valence-electron chi connectivity index (χ2n) is 3.62. The Bertz CT molecular complexity index is 427. The second-order valence-corrected chi connectivity index (χ2v) is 4.18. The molecule has 1 aromatic rings. The Balaban J connectivity index is 2.84. The summed E-state index contributed by atoms with van der Waals surface area (Å²) in [6, 6.07) is 5.74. The molecule has 0 aromatic heterocycles. The minimum absolute atomic E-state index is 0.492. The summed E-state index contributed by atoms with van der Waals surface area (Å²) < 4.78 is 5.63. The lowest BCUT2D eigenvalue weighted by Crippen LogP contribution is -2.00. The van der Waals surface area contributed by atoms with Gasteiger partial charge in [0.1, 0.15) is 18.3 Å². The maximum Gasteiger partial charge on any atom is 0.142 e. The summed E-state index contributed by atoms with van der Waals surface area (Å²) in [5, 5.41) is 0.692. The molecule has 3 nitrogen and oxygen atoms in total. The largest absolute Gasteiger partial charge is 0.493 e. The van der Waals surface area contributed by atoms with E-state index in [9.17, 15) is 9.59 Å². The van der Waals surface area contributed by atoms with Crippen LogP contribution in [0.25, 0.3) is 6.08 Å². The maximum atomic E-state index is 10.4. The van der Waals surface area contributed by atoms with Gasteiger partial charge in [0, 0.05) is 17.3 Å². The number of benzene rings is 1. The van der Waals surface area contributed by atoms with Gasteiger partial charge in [-0.1, -0.05) is 28.1 Å². The first-order valence-electron chi connectivity index (χ1n) is 5.69. The van der Waals surface area contributed by atoms with E-state index in [0.29, 0.717) is 24.8 Å². The molecule has 0 radical (unpaired) electrons. The van der Waals surface area contributed by atoms with Gasteiger partial charge in [0.2, 0.25) is 0 Å². The number of hydrogen-bond donors (Lipinski definition) is 0. The Hall–Kier alpha value is -1.42. The van der Waals surface area contributed by atoms with Crippen LogP contribution < -0.4 is 4.74 Å². The lowest BCUT2D eigenvalue weighted by molar-refractivity contribution is -0.108. The van der Waals surface area contributed by atoms with E-state index in [1.165, 1.54) is 6.08 Å². The van der Waals surface area contributed by atoms with Crippen LogP contribution >= 0.6 is 15.9 Å². The summed E-state index contributed by atoms with van der Waals surface area (Å²) in [7, 11) is 0. The first-order chi connectivity index (χ1) is 8.83. The standard InChI is InChI=1S/C14H15BrO3/c15-11-12-5-3-7-14(13(12)6-4-9-17)18-10-2-1-8-16/h3-9H,1-2,10-11H2/b6-4+. The topological polar surface area (TPSA) is 43.4 Å². The number of ether oxygens (including phenoxy) is 1. The van der Waals surface area contributed by atoms with E-state index in [1.807, 2.05) is 18.2 Å².